The minimum absolute atomic E-state index is 0.0130. The number of nitrogens with zero attached hydrogens (tertiary/aromatic N) is 2. The molecule has 0 bridgehead atoms. The largest absolute Gasteiger partial charge is 0.490 e. The molecule has 2 rings (SSSR count). The van der Waals surface area contributed by atoms with E-state index in [4.69, 9.17) is 9.47 Å². The monoisotopic (exact) mass is 375 g/mol. The second-order valence-electron chi connectivity index (χ2n) is 5.69. The number of H-pyrrole nitrogens is 1. The lowest BCUT2D eigenvalue weighted by Crippen LogP contribution is -2.14. The van der Waals surface area contributed by atoms with Gasteiger partial charge in [-0.1, -0.05) is 19.1 Å². The van der Waals surface area contributed by atoms with E-state index in [1.165, 1.54) is 6.08 Å². The van der Waals surface area contributed by atoms with E-state index in [1.807, 2.05) is 20.8 Å². The molecular formula is C18H21N3O6. The molecule has 0 aliphatic heterocycles. The molecule has 0 saturated carbocycles. The summed E-state index contributed by atoms with van der Waals surface area (Å²) in [5.74, 6) is 0.257. The van der Waals surface area contributed by atoms with Gasteiger partial charge in [-0.3, -0.25) is 14.9 Å². The highest BCUT2D eigenvalue weighted by Crippen LogP contribution is 2.30. The Balaban J connectivity index is 2.30. The molecule has 0 unspecified atom stereocenters. The smallest absolute Gasteiger partial charge is 0.395 e. The second-order valence-corrected chi connectivity index (χ2v) is 5.69. The minimum atomic E-state index is -1.03. The lowest BCUT2D eigenvalue weighted by atomic mass is 10.2. The summed E-state index contributed by atoms with van der Waals surface area (Å²) in [6.07, 6.45) is 3.95. The van der Waals surface area contributed by atoms with Crippen LogP contribution in [0.4, 0.5) is 5.69 Å². The van der Waals surface area contributed by atoms with Crippen molar-refractivity contribution >= 4 is 17.8 Å². The fourth-order valence-corrected chi connectivity index (χ4v) is 2.18. The molecule has 1 aromatic carbocycles. The van der Waals surface area contributed by atoms with Gasteiger partial charge in [0.1, 0.15) is 5.82 Å². The predicted molar refractivity (Wildman–Crippen MR) is 100 cm³/mol. The lowest BCUT2D eigenvalue weighted by Gasteiger charge is -2.16. The van der Waals surface area contributed by atoms with E-state index in [0.717, 1.165) is 12.0 Å². The molecule has 0 aliphatic rings. The van der Waals surface area contributed by atoms with Crippen LogP contribution in [-0.4, -0.2) is 32.7 Å². The zero-order chi connectivity index (χ0) is 20.0. The maximum absolute atomic E-state index is 11.7. The van der Waals surface area contributed by atoms with Crippen LogP contribution in [0, 0.1) is 10.1 Å². The molecule has 9 heteroatoms. The predicted octanol–water partition coefficient (Wildman–Crippen LogP) is 3.13. The van der Waals surface area contributed by atoms with Gasteiger partial charge in [0.15, 0.2) is 11.5 Å². The molecule has 144 valence electrons. The summed E-state index contributed by atoms with van der Waals surface area (Å²) in [5, 5.41) is 20.3. The van der Waals surface area contributed by atoms with Crippen LogP contribution < -0.4 is 15.0 Å². The molecule has 1 aromatic heterocycles. The van der Waals surface area contributed by atoms with Gasteiger partial charge in [0, 0.05) is 0 Å². The molecule has 2 N–H and O–H groups in total. The first-order chi connectivity index (χ1) is 12.8. The third-order valence-corrected chi connectivity index (χ3v) is 3.68. The van der Waals surface area contributed by atoms with Crippen molar-refractivity contribution in [2.45, 2.75) is 33.3 Å². The van der Waals surface area contributed by atoms with Crippen molar-refractivity contribution in [3.63, 3.8) is 0 Å². The summed E-state index contributed by atoms with van der Waals surface area (Å²) in [6, 6.07) is 5.33. The second kappa shape index (κ2) is 8.84. The zero-order valence-electron chi connectivity index (χ0n) is 15.3. The van der Waals surface area contributed by atoms with Crippen molar-refractivity contribution in [2.75, 3.05) is 6.61 Å². The molecule has 0 radical (unpaired) electrons. The quantitative estimate of drug-likeness (QED) is 0.536. The Kier molecular flexibility index (Phi) is 6.53. The van der Waals surface area contributed by atoms with Gasteiger partial charge in [-0.15, -0.1) is 0 Å². The van der Waals surface area contributed by atoms with E-state index < -0.39 is 22.0 Å². The molecule has 0 saturated heterocycles. The van der Waals surface area contributed by atoms with E-state index in [9.17, 15) is 20.0 Å². The Labute approximate surface area is 155 Å². The Hall–Kier alpha value is -3.36. The van der Waals surface area contributed by atoms with Crippen LogP contribution in [0.2, 0.25) is 0 Å². The normalized spacial score (nSPS) is 12.1. The van der Waals surface area contributed by atoms with Crippen LogP contribution in [0.15, 0.2) is 23.0 Å². The van der Waals surface area contributed by atoms with E-state index in [-0.39, 0.29) is 11.9 Å². The van der Waals surface area contributed by atoms with E-state index >= 15 is 0 Å². The first-order valence-electron chi connectivity index (χ1n) is 8.44. The number of benzene rings is 1. The summed E-state index contributed by atoms with van der Waals surface area (Å²) in [5.41, 5.74) is -1.28. The fourth-order valence-electron chi connectivity index (χ4n) is 2.18. The van der Waals surface area contributed by atoms with E-state index in [2.05, 4.69) is 9.97 Å². The van der Waals surface area contributed by atoms with E-state index in [1.54, 1.807) is 24.3 Å². The number of rotatable bonds is 8. The van der Waals surface area contributed by atoms with Gasteiger partial charge in [0.2, 0.25) is 0 Å². The van der Waals surface area contributed by atoms with Gasteiger partial charge in [0.05, 0.1) is 17.6 Å². The van der Waals surface area contributed by atoms with Crippen molar-refractivity contribution < 1.29 is 19.5 Å². The number of aromatic hydroxyl groups is 1. The Bertz CT molecular complexity index is 906. The SMILES string of the molecule is CCOc1cc(/C=C\c2nc(O)c([N+](=O)[O-])c(=O)[nH]2)ccc1O[C@H](C)CC. The summed E-state index contributed by atoms with van der Waals surface area (Å²) < 4.78 is 11.4. The molecule has 0 aliphatic carbocycles. The number of ether oxygens (including phenoxy) is 2. The van der Waals surface area contributed by atoms with Crippen LogP contribution in [0.5, 0.6) is 17.4 Å². The molecule has 2 aromatic rings. The average molecular weight is 375 g/mol. The molecule has 1 atom stereocenters. The van der Waals surface area contributed by atoms with Gasteiger partial charge in [0.25, 0.3) is 5.88 Å². The molecule has 0 amide bonds. The summed E-state index contributed by atoms with van der Waals surface area (Å²) in [6.45, 7) is 6.32. The van der Waals surface area contributed by atoms with Crippen molar-refractivity contribution in [2.24, 2.45) is 0 Å². The summed E-state index contributed by atoms with van der Waals surface area (Å²) in [7, 11) is 0. The maximum atomic E-state index is 11.7. The van der Waals surface area contributed by atoms with Crippen LogP contribution in [0.25, 0.3) is 12.2 Å². The van der Waals surface area contributed by atoms with Crippen LogP contribution in [0.1, 0.15) is 38.6 Å². The molecule has 27 heavy (non-hydrogen) atoms. The van der Waals surface area contributed by atoms with Gasteiger partial charge in [-0.05, 0) is 44.0 Å². The lowest BCUT2D eigenvalue weighted by molar-refractivity contribution is -0.387. The summed E-state index contributed by atoms with van der Waals surface area (Å²) >= 11 is 0. The number of aromatic nitrogens is 2. The van der Waals surface area contributed by atoms with Crippen molar-refractivity contribution in [3.05, 3.63) is 50.1 Å². The van der Waals surface area contributed by atoms with Gasteiger partial charge in [-0.2, -0.15) is 4.98 Å². The third-order valence-electron chi connectivity index (χ3n) is 3.68. The third kappa shape index (κ3) is 5.06. The highest BCUT2D eigenvalue weighted by molar-refractivity contribution is 5.68. The molecule has 0 spiro atoms. The number of nitrogens with one attached hydrogen (secondary N) is 1. The Morgan fingerprint density at radius 1 is 1.33 bits per heavy atom. The van der Waals surface area contributed by atoms with Gasteiger partial charge >= 0.3 is 11.2 Å². The fraction of sp³-hybridized carbons (Fsp3) is 0.333. The zero-order valence-corrected chi connectivity index (χ0v) is 15.3. The highest BCUT2D eigenvalue weighted by atomic mass is 16.6. The summed E-state index contributed by atoms with van der Waals surface area (Å²) in [4.78, 5) is 27.2. The first-order valence-corrected chi connectivity index (χ1v) is 8.44. The van der Waals surface area contributed by atoms with Crippen LogP contribution in [-0.2, 0) is 0 Å². The first kappa shape index (κ1) is 20.0. The minimum Gasteiger partial charge on any atom is -0.490 e. The van der Waals surface area contributed by atoms with Crippen LogP contribution >= 0.6 is 0 Å². The van der Waals surface area contributed by atoms with Gasteiger partial charge < -0.3 is 19.6 Å². The van der Waals surface area contributed by atoms with E-state index in [0.29, 0.717) is 18.1 Å². The molecular weight excluding hydrogens is 354 g/mol. The molecule has 9 nitrogen and oxygen atoms in total. The Morgan fingerprint density at radius 3 is 2.67 bits per heavy atom. The highest BCUT2D eigenvalue weighted by Gasteiger charge is 2.21. The molecule has 1 heterocycles. The number of hydrogen-bond donors (Lipinski definition) is 2. The number of aromatic amines is 1. The van der Waals surface area contributed by atoms with Crippen molar-refractivity contribution in [1.82, 2.24) is 9.97 Å². The average Bonchev–Trinajstić information content (AvgIpc) is 2.61. The standard InChI is InChI=1S/C18H21N3O6/c1-4-11(3)27-13-8-6-12(10-14(13)26-5-2)7-9-15-19-17(22)16(21(24)25)18(23)20-15/h6-11H,4-5H2,1-3H3,(H2,19,20,22,23)/b9-7-/t11-/m1/s1. The maximum Gasteiger partial charge on any atom is 0.395 e. The van der Waals surface area contributed by atoms with Gasteiger partial charge in [-0.25, -0.2) is 0 Å². The van der Waals surface area contributed by atoms with Crippen molar-refractivity contribution in [3.8, 4) is 17.4 Å². The number of nitro groups is 1. The Morgan fingerprint density at radius 2 is 2.07 bits per heavy atom. The number of hydrogen-bond acceptors (Lipinski definition) is 7. The van der Waals surface area contributed by atoms with Crippen molar-refractivity contribution in [1.29, 1.82) is 0 Å². The van der Waals surface area contributed by atoms with Crippen LogP contribution in [0.3, 0.4) is 0 Å². The molecule has 0 fully saturated rings. The topological polar surface area (TPSA) is 128 Å².